The molecule has 0 bridgehead atoms. The second-order valence-corrected chi connectivity index (χ2v) is 5.24. The number of hydrogen-bond acceptors (Lipinski definition) is 2. The van der Waals surface area contributed by atoms with E-state index in [9.17, 15) is 0 Å². The molecule has 17 heavy (non-hydrogen) atoms. The average Bonchev–Trinajstić information content (AvgIpc) is 2.30. The summed E-state index contributed by atoms with van der Waals surface area (Å²) in [5.41, 5.74) is 5.46. The molecule has 0 aromatic heterocycles. The first-order chi connectivity index (χ1) is 8.27. The fraction of sp³-hybridized carbons (Fsp3) is 1.00. The monoisotopic (exact) mass is 243 g/mol. The summed E-state index contributed by atoms with van der Waals surface area (Å²) in [6.45, 7) is 6.00. The molecule has 0 fully saturated rings. The molecule has 104 valence electrons. The predicted octanol–water partition coefficient (Wildman–Crippen LogP) is 4.27. The lowest BCUT2D eigenvalue weighted by Gasteiger charge is -2.06. The van der Waals surface area contributed by atoms with Crippen LogP contribution in [0.4, 0.5) is 0 Å². The third kappa shape index (κ3) is 15.9. The maximum Gasteiger partial charge on any atom is 0.0518 e. The van der Waals surface area contributed by atoms with Crippen LogP contribution in [0.1, 0.15) is 78.1 Å². The molecule has 0 radical (unpaired) electrons. The van der Waals surface area contributed by atoms with Crippen LogP contribution in [0, 0.1) is 0 Å². The fourth-order valence-electron chi connectivity index (χ4n) is 1.98. The Morgan fingerprint density at radius 2 is 1.12 bits per heavy atom. The van der Waals surface area contributed by atoms with Crippen LogP contribution in [0.3, 0.4) is 0 Å². The van der Waals surface area contributed by atoms with Crippen molar-refractivity contribution in [2.45, 2.75) is 84.2 Å². The van der Waals surface area contributed by atoms with Gasteiger partial charge in [0.05, 0.1) is 6.10 Å². The number of hydrogen-bond donors (Lipinski definition) is 1. The van der Waals surface area contributed by atoms with Gasteiger partial charge in [-0.3, -0.25) is 0 Å². The first kappa shape index (κ1) is 16.9. The molecular formula is C15H33NO. The van der Waals surface area contributed by atoms with Crippen LogP contribution < -0.4 is 5.73 Å². The van der Waals surface area contributed by atoms with Crippen LogP contribution in [0.5, 0.6) is 0 Å². The molecule has 0 amide bonds. The third-order valence-corrected chi connectivity index (χ3v) is 3.05. The lowest BCUT2D eigenvalue weighted by molar-refractivity contribution is 0.0756. The summed E-state index contributed by atoms with van der Waals surface area (Å²) in [7, 11) is 0. The minimum absolute atomic E-state index is 0.392. The Bertz CT molecular complexity index is 137. The second-order valence-electron chi connectivity index (χ2n) is 5.24. The quantitative estimate of drug-likeness (QED) is 0.490. The molecule has 0 aromatic rings. The summed E-state index contributed by atoms with van der Waals surface area (Å²) in [4.78, 5) is 0. The van der Waals surface area contributed by atoms with Gasteiger partial charge in [-0.1, -0.05) is 51.4 Å². The van der Waals surface area contributed by atoms with Crippen LogP contribution in [0.2, 0.25) is 0 Å². The Balaban J connectivity index is 2.89. The van der Waals surface area contributed by atoms with Crippen molar-refractivity contribution in [3.8, 4) is 0 Å². The maximum atomic E-state index is 5.51. The Kier molecular flexibility index (Phi) is 13.9. The average molecular weight is 243 g/mol. The molecule has 0 rings (SSSR count). The number of rotatable bonds is 13. The molecule has 0 aromatic carbocycles. The van der Waals surface area contributed by atoms with Crippen LogP contribution >= 0.6 is 0 Å². The van der Waals surface area contributed by atoms with Gasteiger partial charge in [0, 0.05) is 6.61 Å². The van der Waals surface area contributed by atoms with Gasteiger partial charge in [0.1, 0.15) is 0 Å². The van der Waals surface area contributed by atoms with Crippen molar-refractivity contribution in [3.63, 3.8) is 0 Å². The minimum Gasteiger partial charge on any atom is -0.379 e. The molecule has 0 aliphatic rings. The van der Waals surface area contributed by atoms with Crippen LogP contribution in [0.15, 0.2) is 0 Å². The van der Waals surface area contributed by atoms with Crippen molar-refractivity contribution < 1.29 is 4.74 Å². The van der Waals surface area contributed by atoms with E-state index in [4.69, 9.17) is 10.5 Å². The first-order valence-corrected chi connectivity index (χ1v) is 7.59. The van der Waals surface area contributed by atoms with Gasteiger partial charge in [-0.2, -0.15) is 0 Å². The molecular weight excluding hydrogens is 210 g/mol. The predicted molar refractivity (Wildman–Crippen MR) is 76.3 cm³/mol. The van der Waals surface area contributed by atoms with Crippen molar-refractivity contribution in [1.29, 1.82) is 0 Å². The molecule has 0 saturated heterocycles. The molecule has 0 aliphatic heterocycles. The van der Waals surface area contributed by atoms with Gasteiger partial charge in [-0.05, 0) is 33.2 Å². The van der Waals surface area contributed by atoms with E-state index in [0.29, 0.717) is 6.10 Å². The molecule has 0 saturated carbocycles. The van der Waals surface area contributed by atoms with E-state index in [1.807, 2.05) is 0 Å². The smallest absolute Gasteiger partial charge is 0.0518 e. The molecule has 2 nitrogen and oxygen atoms in total. The Hall–Kier alpha value is -0.0800. The number of nitrogens with two attached hydrogens (primary N) is 1. The van der Waals surface area contributed by atoms with Crippen molar-refractivity contribution in [1.82, 2.24) is 0 Å². The summed E-state index contributed by atoms with van der Waals surface area (Å²) in [5.74, 6) is 0. The van der Waals surface area contributed by atoms with Gasteiger partial charge in [0.15, 0.2) is 0 Å². The minimum atomic E-state index is 0.392. The third-order valence-electron chi connectivity index (χ3n) is 3.05. The number of unbranched alkanes of at least 4 members (excludes halogenated alkanes) is 9. The summed E-state index contributed by atoms with van der Waals surface area (Å²) in [6, 6.07) is 0. The van der Waals surface area contributed by atoms with Gasteiger partial charge in [-0.15, -0.1) is 0 Å². The van der Waals surface area contributed by atoms with E-state index in [-0.39, 0.29) is 0 Å². The highest BCUT2D eigenvalue weighted by Crippen LogP contribution is 2.10. The maximum absolute atomic E-state index is 5.51. The highest BCUT2D eigenvalue weighted by molar-refractivity contribution is 4.48. The lowest BCUT2D eigenvalue weighted by Crippen LogP contribution is -2.03. The van der Waals surface area contributed by atoms with E-state index >= 15 is 0 Å². The van der Waals surface area contributed by atoms with E-state index in [1.165, 1.54) is 64.2 Å². The molecule has 0 atom stereocenters. The van der Waals surface area contributed by atoms with E-state index in [1.54, 1.807) is 0 Å². The van der Waals surface area contributed by atoms with Crippen molar-refractivity contribution in [3.05, 3.63) is 0 Å². The Morgan fingerprint density at radius 1 is 0.706 bits per heavy atom. The van der Waals surface area contributed by atoms with Gasteiger partial charge in [-0.25, -0.2) is 0 Å². The molecule has 0 aliphatic carbocycles. The highest BCUT2D eigenvalue weighted by Gasteiger charge is 1.94. The molecule has 2 heteroatoms. The van der Waals surface area contributed by atoms with Gasteiger partial charge in [0.2, 0.25) is 0 Å². The summed E-state index contributed by atoms with van der Waals surface area (Å²) < 4.78 is 5.51. The molecule has 0 spiro atoms. The van der Waals surface area contributed by atoms with Crippen molar-refractivity contribution in [2.75, 3.05) is 13.2 Å². The highest BCUT2D eigenvalue weighted by atomic mass is 16.5. The molecule has 2 N–H and O–H groups in total. The van der Waals surface area contributed by atoms with E-state index < -0.39 is 0 Å². The SMILES string of the molecule is CC(C)OCCCCCCCCCCCCN. The Morgan fingerprint density at radius 3 is 1.53 bits per heavy atom. The van der Waals surface area contributed by atoms with E-state index in [2.05, 4.69) is 13.8 Å². The molecule has 0 unspecified atom stereocenters. The van der Waals surface area contributed by atoms with Crippen LogP contribution in [-0.2, 0) is 4.74 Å². The summed E-state index contributed by atoms with van der Waals surface area (Å²) in [6.07, 6.45) is 13.9. The zero-order valence-corrected chi connectivity index (χ0v) is 12.0. The fourth-order valence-corrected chi connectivity index (χ4v) is 1.98. The lowest BCUT2D eigenvalue weighted by atomic mass is 10.1. The van der Waals surface area contributed by atoms with Gasteiger partial charge < -0.3 is 10.5 Å². The topological polar surface area (TPSA) is 35.2 Å². The standard InChI is InChI=1S/C15H33NO/c1-15(2)17-14-12-10-8-6-4-3-5-7-9-11-13-16/h15H,3-14,16H2,1-2H3. The second kappa shape index (κ2) is 14.0. The van der Waals surface area contributed by atoms with Gasteiger partial charge >= 0.3 is 0 Å². The molecule has 0 heterocycles. The summed E-state index contributed by atoms with van der Waals surface area (Å²) >= 11 is 0. The van der Waals surface area contributed by atoms with Crippen molar-refractivity contribution in [2.24, 2.45) is 5.73 Å². The Labute approximate surface area is 108 Å². The zero-order valence-electron chi connectivity index (χ0n) is 12.0. The van der Waals surface area contributed by atoms with Crippen LogP contribution in [0.25, 0.3) is 0 Å². The largest absolute Gasteiger partial charge is 0.379 e. The van der Waals surface area contributed by atoms with Gasteiger partial charge in [0.25, 0.3) is 0 Å². The summed E-state index contributed by atoms with van der Waals surface area (Å²) in [5, 5.41) is 0. The zero-order chi connectivity index (χ0) is 12.8. The first-order valence-electron chi connectivity index (χ1n) is 7.59. The number of ether oxygens (including phenoxy) is 1. The van der Waals surface area contributed by atoms with E-state index in [0.717, 1.165) is 13.2 Å². The normalized spacial score (nSPS) is 11.3. The van der Waals surface area contributed by atoms with Crippen molar-refractivity contribution >= 4 is 0 Å². The van der Waals surface area contributed by atoms with Crippen LogP contribution in [-0.4, -0.2) is 19.3 Å².